The molecular formula is C24H19ClN2O2. The van der Waals surface area contributed by atoms with Gasteiger partial charge in [-0.15, -0.1) is 0 Å². The van der Waals surface area contributed by atoms with Crippen LogP contribution < -0.4 is 4.74 Å². The Bertz CT molecular complexity index is 1180. The van der Waals surface area contributed by atoms with Crippen molar-refractivity contribution in [1.82, 2.24) is 9.78 Å². The van der Waals surface area contributed by atoms with Gasteiger partial charge in [-0.3, -0.25) is 0 Å². The van der Waals surface area contributed by atoms with Gasteiger partial charge in [-0.25, -0.2) is 4.79 Å². The molecular weight excluding hydrogens is 384 g/mol. The van der Waals surface area contributed by atoms with E-state index in [2.05, 4.69) is 0 Å². The summed E-state index contributed by atoms with van der Waals surface area (Å²) in [6.07, 6.45) is 0. The van der Waals surface area contributed by atoms with Gasteiger partial charge in [0.15, 0.2) is 0 Å². The Labute approximate surface area is 174 Å². The fourth-order valence-electron chi connectivity index (χ4n) is 3.10. The molecule has 0 aliphatic rings. The molecule has 0 spiro atoms. The fraction of sp³-hybridized carbons (Fsp3) is 0.0833. The van der Waals surface area contributed by atoms with Crippen LogP contribution in [0.25, 0.3) is 16.9 Å². The third-order valence-corrected chi connectivity index (χ3v) is 5.17. The van der Waals surface area contributed by atoms with E-state index in [1.807, 2.05) is 62.4 Å². The highest BCUT2D eigenvalue weighted by Crippen LogP contribution is 2.29. The minimum absolute atomic E-state index is 0.309. The molecule has 0 saturated carbocycles. The van der Waals surface area contributed by atoms with Gasteiger partial charge in [-0.2, -0.15) is 9.78 Å². The smallest absolute Gasteiger partial charge is 0.346 e. The largest absolute Gasteiger partial charge is 0.404 e. The zero-order valence-electron chi connectivity index (χ0n) is 16.1. The van der Waals surface area contributed by atoms with Crippen LogP contribution in [0, 0.1) is 13.8 Å². The van der Waals surface area contributed by atoms with E-state index in [-0.39, 0.29) is 0 Å². The molecule has 0 aliphatic heterocycles. The van der Waals surface area contributed by atoms with Crippen molar-refractivity contribution < 1.29 is 9.53 Å². The van der Waals surface area contributed by atoms with Crippen molar-refractivity contribution in [2.45, 2.75) is 13.8 Å². The van der Waals surface area contributed by atoms with E-state index >= 15 is 0 Å². The van der Waals surface area contributed by atoms with E-state index in [9.17, 15) is 4.79 Å². The van der Waals surface area contributed by atoms with E-state index in [1.165, 1.54) is 0 Å². The number of halogens is 1. The summed E-state index contributed by atoms with van der Waals surface area (Å²) in [5, 5.41) is 5.07. The third kappa shape index (κ3) is 3.80. The van der Waals surface area contributed by atoms with Crippen LogP contribution in [0.5, 0.6) is 5.88 Å². The number of aryl methyl sites for hydroxylation is 1. The maximum atomic E-state index is 12.8. The molecule has 0 fully saturated rings. The Kier molecular flexibility index (Phi) is 5.19. The van der Waals surface area contributed by atoms with Gasteiger partial charge in [-0.05, 0) is 43.2 Å². The lowest BCUT2D eigenvalue weighted by Crippen LogP contribution is -2.12. The van der Waals surface area contributed by atoms with Gasteiger partial charge < -0.3 is 4.74 Å². The Morgan fingerprint density at radius 2 is 1.66 bits per heavy atom. The van der Waals surface area contributed by atoms with E-state index in [1.54, 1.807) is 35.0 Å². The van der Waals surface area contributed by atoms with Crippen molar-refractivity contribution in [2.24, 2.45) is 0 Å². The topological polar surface area (TPSA) is 44.1 Å². The van der Waals surface area contributed by atoms with Crippen LogP contribution in [0.4, 0.5) is 0 Å². The summed E-state index contributed by atoms with van der Waals surface area (Å²) >= 11 is 6.17. The average Bonchev–Trinajstić information content (AvgIpc) is 3.14. The van der Waals surface area contributed by atoms with Gasteiger partial charge in [-0.1, -0.05) is 66.2 Å². The molecule has 1 heterocycles. The van der Waals surface area contributed by atoms with E-state index in [4.69, 9.17) is 21.4 Å². The maximum absolute atomic E-state index is 12.8. The highest BCUT2D eigenvalue weighted by molar-refractivity contribution is 6.33. The molecule has 4 nitrogen and oxygen atoms in total. The molecule has 0 unspecified atom stereocenters. The van der Waals surface area contributed by atoms with Crippen LogP contribution in [0.15, 0.2) is 78.9 Å². The number of ether oxygens (including phenoxy) is 1. The van der Waals surface area contributed by atoms with Crippen LogP contribution in [0.2, 0.25) is 5.02 Å². The van der Waals surface area contributed by atoms with E-state index in [0.717, 1.165) is 22.4 Å². The van der Waals surface area contributed by atoms with Crippen LogP contribution >= 0.6 is 11.6 Å². The Morgan fingerprint density at radius 1 is 0.931 bits per heavy atom. The number of esters is 1. The monoisotopic (exact) mass is 402 g/mol. The fourth-order valence-corrected chi connectivity index (χ4v) is 3.31. The summed E-state index contributed by atoms with van der Waals surface area (Å²) < 4.78 is 7.41. The molecule has 144 valence electrons. The summed E-state index contributed by atoms with van der Waals surface area (Å²) in [5.41, 5.74) is 5.01. The molecule has 0 amide bonds. The Hall–Kier alpha value is -3.37. The summed E-state index contributed by atoms with van der Waals surface area (Å²) in [5.74, 6) is -0.191. The number of carbonyl (C=O) groups is 1. The van der Waals surface area contributed by atoms with Crippen LogP contribution in [-0.4, -0.2) is 15.7 Å². The number of rotatable bonds is 4. The maximum Gasteiger partial charge on any atom is 0.346 e. The molecule has 5 heteroatoms. The zero-order valence-corrected chi connectivity index (χ0v) is 16.9. The number of carbonyl (C=O) groups excluding carboxylic acids is 1. The molecule has 0 N–H and O–H groups in total. The number of nitrogens with zero attached hydrogens (tertiary/aromatic N) is 2. The SMILES string of the molecule is Cc1cccc(-n2nc(-c3ccccc3)cc2OC(=O)c2ccccc2Cl)c1C. The van der Waals surface area contributed by atoms with E-state index in [0.29, 0.717) is 22.2 Å². The normalized spacial score (nSPS) is 10.7. The van der Waals surface area contributed by atoms with Crippen molar-refractivity contribution in [1.29, 1.82) is 0 Å². The molecule has 3 aromatic carbocycles. The first-order chi connectivity index (χ1) is 14.0. The Balaban J connectivity index is 1.81. The first kappa shape index (κ1) is 19.0. The number of benzene rings is 3. The standard InChI is InChI=1S/C24H19ClN2O2/c1-16-9-8-14-22(17(16)2)27-23(15-21(26-27)18-10-4-3-5-11-18)29-24(28)19-12-6-7-13-20(19)25/h3-15H,1-2H3. The Morgan fingerprint density at radius 3 is 2.41 bits per heavy atom. The predicted octanol–water partition coefficient (Wildman–Crippen LogP) is 6.03. The number of hydrogen-bond donors (Lipinski definition) is 0. The lowest BCUT2D eigenvalue weighted by Gasteiger charge is -2.12. The van der Waals surface area contributed by atoms with Crippen molar-refractivity contribution >= 4 is 17.6 Å². The van der Waals surface area contributed by atoms with E-state index < -0.39 is 5.97 Å². The van der Waals surface area contributed by atoms with Crippen molar-refractivity contribution in [2.75, 3.05) is 0 Å². The predicted molar refractivity (Wildman–Crippen MR) is 115 cm³/mol. The number of hydrogen-bond acceptors (Lipinski definition) is 3. The van der Waals surface area contributed by atoms with Crippen LogP contribution in [0.3, 0.4) is 0 Å². The van der Waals surface area contributed by atoms with Gasteiger partial charge in [0.1, 0.15) is 0 Å². The minimum Gasteiger partial charge on any atom is -0.404 e. The molecule has 29 heavy (non-hydrogen) atoms. The lowest BCUT2D eigenvalue weighted by atomic mass is 10.1. The molecule has 0 aliphatic carbocycles. The molecule has 0 bridgehead atoms. The molecule has 1 aromatic heterocycles. The van der Waals surface area contributed by atoms with Crippen LogP contribution in [-0.2, 0) is 0 Å². The average molecular weight is 403 g/mol. The molecule has 0 atom stereocenters. The number of aromatic nitrogens is 2. The van der Waals surface area contributed by atoms with Crippen LogP contribution in [0.1, 0.15) is 21.5 Å². The summed E-state index contributed by atoms with van der Waals surface area (Å²) in [7, 11) is 0. The quantitative estimate of drug-likeness (QED) is 0.391. The highest BCUT2D eigenvalue weighted by atomic mass is 35.5. The minimum atomic E-state index is -0.526. The van der Waals surface area contributed by atoms with Gasteiger partial charge in [0, 0.05) is 11.6 Å². The summed E-state index contributed by atoms with van der Waals surface area (Å²) in [4.78, 5) is 12.8. The second-order valence-corrected chi connectivity index (χ2v) is 7.14. The molecule has 0 saturated heterocycles. The third-order valence-electron chi connectivity index (χ3n) is 4.84. The molecule has 0 radical (unpaired) electrons. The van der Waals surface area contributed by atoms with Gasteiger partial charge in [0.2, 0.25) is 5.88 Å². The first-order valence-electron chi connectivity index (χ1n) is 9.23. The van der Waals surface area contributed by atoms with Gasteiger partial charge >= 0.3 is 5.97 Å². The highest BCUT2D eigenvalue weighted by Gasteiger charge is 2.19. The van der Waals surface area contributed by atoms with Crippen molar-refractivity contribution in [3.63, 3.8) is 0 Å². The van der Waals surface area contributed by atoms with Gasteiger partial charge in [0.05, 0.1) is 22.0 Å². The van der Waals surface area contributed by atoms with Crippen molar-refractivity contribution in [3.8, 4) is 22.8 Å². The molecule has 4 rings (SSSR count). The first-order valence-corrected chi connectivity index (χ1v) is 9.61. The second kappa shape index (κ2) is 7.94. The summed E-state index contributed by atoms with van der Waals surface area (Å²) in [6.45, 7) is 4.06. The zero-order chi connectivity index (χ0) is 20.4. The van der Waals surface area contributed by atoms with Crippen molar-refractivity contribution in [3.05, 3.63) is 101 Å². The second-order valence-electron chi connectivity index (χ2n) is 6.73. The molecule has 4 aromatic rings. The summed E-state index contributed by atoms with van der Waals surface area (Å²) in [6, 6.07) is 24.3. The lowest BCUT2D eigenvalue weighted by molar-refractivity contribution is 0.0723. The van der Waals surface area contributed by atoms with Gasteiger partial charge in [0.25, 0.3) is 0 Å².